The van der Waals surface area contributed by atoms with Gasteiger partial charge in [-0.05, 0) is 42.7 Å². The van der Waals surface area contributed by atoms with E-state index >= 15 is 0 Å². The van der Waals surface area contributed by atoms with E-state index in [4.69, 9.17) is 19.6 Å². The Labute approximate surface area is 190 Å². The molecule has 1 aliphatic heterocycles. The minimum atomic E-state index is -0.370. The van der Waals surface area contributed by atoms with Gasteiger partial charge in [-0.3, -0.25) is 9.78 Å². The number of rotatable bonds is 6. The Bertz CT molecular complexity index is 1190. The second-order valence-electron chi connectivity index (χ2n) is 7.58. The molecule has 1 aliphatic carbocycles. The maximum Gasteiger partial charge on any atom is 0.227 e. The first-order valence-corrected chi connectivity index (χ1v) is 11.4. The van der Waals surface area contributed by atoms with Gasteiger partial charge in [0.1, 0.15) is 6.04 Å². The second-order valence-corrected chi connectivity index (χ2v) is 8.53. The van der Waals surface area contributed by atoms with E-state index in [-0.39, 0.29) is 11.8 Å². The predicted octanol–water partition coefficient (Wildman–Crippen LogP) is 4.00. The van der Waals surface area contributed by atoms with Crippen LogP contribution in [0.15, 0.2) is 59.0 Å². The Morgan fingerprint density at radius 3 is 2.81 bits per heavy atom. The molecule has 0 spiro atoms. The van der Waals surface area contributed by atoms with Crippen LogP contribution < -0.4 is 14.8 Å². The summed E-state index contributed by atoms with van der Waals surface area (Å²) in [5, 5.41) is 8.76. The van der Waals surface area contributed by atoms with Crippen LogP contribution in [0.1, 0.15) is 36.6 Å². The third-order valence-corrected chi connectivity index (χ3v) is 6.52. The van der Waals surface area contributed by atoms with Gasteiger partial charge in [0.2, 0.25) is 11.1 Å². The van der Waals surface area contributed by atoms with E-state index in [9.17, 15) is 4.79 Å². The zero-order valence-corrected chi connectivity index (χ0v) is 18.7. The molecule has 2 aliphatic rings. The molecule has 0 saturated heterocycles. The monoisotopic (exact) mass is 449 g/mol. The molecule has 32 heavy (non-hydrogen) atoms. The van der Waals surface area contributed by atoms with Crippen molar-refractivity contribution in [3.63, 3.8) is 0 Å². The first-order chi connectivity index (χ1) is 15.7. The van der Waals surface area contributed by atoms with Crippen LogP contribution in [0.5, 0.6) is 11.5 Å². The zero-order valence-electron chi connectivity index (χ0n) is 17.9. The molecular formula is C23H23N5O3S. The average molecular weight is 450 g/mol. The van der Waals surface area contributed by atoms with E-state index in [1.54, 1.807) is 20.4 Å². The normalized spacial score (nSPS) is 17.4. The van der Waals surface area contributed by atoms with Gasteiger partial charge < -0.3 is 14.8 Å². The molecule has 1 atom stereocenters. The smallest absolute Gasteiger partial charge is 0.227 e. The van der Waals surface area contributed by atoms with E-state index in [0.29, 0.717) is 34.8 Å². The van der Waals surface area contributed by atoms with Crippen molar-refractivity contribution in [2.75, 3.05) is 19.5 Å². The van der Waals surface area contributed by atoms with E-state index in [1.165, 1.54) is 11.8 Å². The number of ether oxygens (including phenoxy) is 2. The fraction of sp³-hybridized carbons (Fsp3) is 0.304. The highest BCUT2D eigenvalue weighted by Crippen LogP contribution is 2.42. The molecule has 2 aromatic heterocycles. The summed E-state index contributed by atoms with van der Waals surface area (Å²) < 4.78 is 12.7. The number of ketones is 1. The topological polar surface area (TPSA) is 91.2 Å². The summed E-state index contributed by atoms with van der Waals surface area (Å²) >= 11 is 1.52. The van der Waals surface area contributed by atoms with Gasteiger partial charge in [0.15, 0.2) is 17.3 Å². The molecule has 0 unspecified atom stereocenters. The lowest BCUT2D eigenvalue weighted by Crippen LogP contribution is -2.31. The van der Waals surface area contributed by atoms with E-state index in [0.717, 1.165) is 35.4 Å². The zero-order chi connectivity index (χ0) is 22.1. The summed E-state index contributed by atoms with van der Waals surface area (Å²) in [6, 6.07) is 11.2. The van der Waals surface area contributed by atoms with Crippen LogP contribution in [-0.2, 0) is 10.5 Å². The van der Waals surface area contributed by atoms with Crippen LogP contribution >= 0.6 is 11.8 Å². The summed E-state index contributed by atoms with van der Waals surface area (Å²) in [6.07, 6.45) is 3.96. The molecule has 0 bridgehead atoms. The molecule has 0 fully saturated rings. The van der Waals surface area contributed by atoms with Crippen LogP contribution in [0.4, 0.5) is 5.95 Å². The van der Waals surface area contributed by atoms with Crippen LogP contribution in [0.2, 0.25) is 0 Å². The standard InChI is InChI=1S/C23H23N5O3S/c1-30-18-10-9-14(12-19(18)31-2)21-20-16(7-5-8-17(20)29)25-22-26-23(27-28(21)22)32-13-15-6-3-4-11-24-15/h3-4,6,9-12,21H,5,7-8,13H2,1-2H3,(H,25,26,27)/t21-/m1/s1. The molecule has 0 radical (unpaired) electrons. The van der Waals surface area contributed by atoms with Crippen molar-refractivity contribution in [1.29, 1.82) is 0 Å². The van der Waals surface area contributed by atoms with Crippen LogP contribution in [0.3, 0.4) is 0 Å². The SMILES string of the molecule is COc1ccc([C@@H]2C3=C(CCCC3=O)Nc3nc(SCc4ccccn4)nn32)cc1OC. The third kappa shape index (κ3) is 3.73. The Hall–Kier alpha value is -3.33. The molecule has 1 N–H and O–H groups in total. The number of thioether (sulfide) groups is 1. The molecule has 164 valence electrons. The fourth-order valence-electron chi connectivity index (χ4n) is 4.15. The quantitative estimate of drug-likeness (QED) is 0.565. The number of anilines is 1. The Balaban J connectivity index is 1.54. The number of hydrogen-bond donors (Lipinski definition) is 1. The molecule has 9 heteroatoms. The Morgan fingerprint density at radius 1 is 1.16 bits per heavy atom. The predicted molar refractivity (Wildman–Crippen MR) is 121 cm³/mol. The Morgan fingerprint density at radius 2 is 2.03 bits per heavy atom. The molecule has 8 nitrogen and oxygen atoms in total. The van der Waals surface area contributed by atoms with Gasteiger partial charge in [0.25, 0.3) is 0 Å². The number of carbonyl (C=O) groups is 1. The van der Waals surface area contributed by atoms with Crippen LogP contribution in [-0.4, -0.2) is 39.8 Å². The minimum absolute atomic E-state index is 0.141. The largest absolute Gasteiger partial charge is 0.493 e. The highest BCUT2D eigenvalue weighted by atomic mass is 32.2. The average Bonchev–Trinajstić information content (AvgIpc) is 3.24. The maximum absolute atomic E-state index is 13.0. The van der Waals surface area contributed by atoms with E-state index in [2.05, 4.69) is 10.3 Å². The number of nitrogens with zero attached hydrogens (tertiary/aromatic N) is 4. The summed E-state index contributed by atoms with van der Waals surface area (Å²) in [5.41, 5.74) is 3.55. The third-order valence-electron chi connectivity index (χ3n) is 5.65. The lowest BCUT2D eigenvalue weighted by atomic mass is 9.85. The molecule has 0 amide bonds. The number of carbonyl (C=O) groups excluding carboxylic acids is 1. The van der Waals surface area contributed by atoms with Crippen molar-refractivity contribution in [1.82, 2.24) is 19.7 Å². The van der Waals surface area contributed by atoms with Crippen molar-refractivity contribution in [3.8, 4) is 11.5 Å². The maximum atomic E-state index is 13.0. The van der Waals surface area contributed by atoms with Gasteiger partial charge in [-0.15, -0.1) is 5.10 Å². The number of benzene rings is 1. The second kappa shape index (κ2) is 8.66. The highest BCUT2D eigenvalue weighted by molar-refractivity contribution is 7.98. The minimum Gasteiger partial charge on any atom is -0.493 e. The van der Waals surface area contributed by atoms with E-state index < -0.39 is 0 Å². The number of aromatic nitrogens is 4. The summed E-state index contributed by atoms with van der Waals surface area (Å²) in [5.74, 6) is 2.70. The number of Topliss-reactive ketones (excluding diaryl/α,β-unsaturated/α-hetero) is 1. The van der Waals surface area contributed by atoms with Crippen molar-refractivity contribution in [3.05, 3.63) is 65.1 Å². The van der Waals surface area contributed by atoms with Gasteiger partial charge in [-0.25, -0.2) is 4.68 Å². The highest BCUT2D eigenvalue weighted by Gasteiger charge is 2.37. The molecule has 1 aromatic carbocycles. The molecule has 3 aromatic rings. The lowest BCUT2D eigenvalue weighted by molar-refractivity contribution is -0.116. The molecule has 3 heterocycles. The van der Waals surface area contributed by atoms with Crippen molar-refractivity contribution >= 4 is 23.5 Å². The van der Waals surface area contributed by atoms with E-state index in [1.807, 2.05) is 41.1 Å². The van der Waals surface area contributed by atoms with Gasteiger partial charge in [-0.1, -0.05) is 23.9 Å². The number of fused-ring (bicyclic) bond motifs is 1. The van der Waals surface area contributed by atoms with Gasteiger partial charge in [-0.2, -0.15) is 4.98 Å². The Kier molecular flexibility index (Phi) is 5.57. The van der Waals surface area contributed by atoms with Gasteiger partial charge in [0, 0.05) is 29.6 Å². The first-order valence-electron chi connectivity index (χ1n) is 10.4. The van der Waals surface area contributed by atoms with Crippen LogP contribution in [0, 0.1) is 0 Å². The van der Waals surface area contributed by atoms with Crippen LogP contribution in [0.25, 0.3) is 0 Å². The number of allylic oxidation sites excluding steroid dienone is 2. The summed E-state index contributed by atoms with van der Waals surface area (Å²) in [6.45, 7) is 0. The lowest BCUT2D eigenvalue weighted by Gasteiger charge is -2.32. The number of hydrogen-bond acceptors (Lipinski definition) is 8. The van der Waals surface area contributed by atoms with Crippen molar-refractivity contribution in [2.45, 2.75) is 36.2 Å². The van der Waals surface area contributed by atoms with Crippen molar-refractivity contribution < 1.29 is 14.3 Å². The molecule has 5 rings (SSSR count). The summed E-state index contributed by atoms with van der Waals surface area (Å²) in [4.78, 5) is 22.1. The number of nitrogens with one attached hydrogen (secondary N) is 1. The number of pyridine rings is 1. The number of methoxy groups -OCH3 is 2. The fourth-order valence-corrected chi connectivity index (χ4v) is 4.90. The molecule has 0 saturated carbocycles. The summed E-state index contributed by atoms with van der Waals surface area (Å²) in [7, 11) is 3.21. The van der Waals surface area contributed by atoms with Gasteiger partial charge >= 0.3 is 0 Å². The first kappa shape index (κ1) is 20.6. The van der Waals surface area contributed by atoms with Gasteiger partial charge in [0.05, 0.1) is 19.9 Å². The molecular weight excluding hydrogens is 426 g/mol. The van der Waals surface area contributed by atoms with Crippen molar-refractivity contribution in [2.24, 2.45) is 0 Å².